The summed E-state index contributed by atoms with van der Waals surface area (Å²) >= 11 is 0. The summed E-state index contributed by atoms with van der Waals surface area (Å²) in [6.45, 7) is 2.79. The van der Waals surface area contributed by atoms with Gasteiger partial charge in [-0.25, -0.2) is 0 Å². The molecule has 3 heterocycles. The Labute approximate surface area is 170 Å². The van der Waals surface area contributed by atoms with Gasteiger partial charge in [0.2, 0.25) is 5.91 Å². The van der Waals surface area contributed by atoms with Crippen LogP contribution in [0.15, 0.2) is 71.3 Å². The van der Waals surface area contributed by atoms with E-state index in [1.165, 1.54) is 17.7 Å². The average molecular weight is 389 g/mol. The first-order chi connectivity index (χ1) is 14.3. The second kappa shape index (κ2) is 7.76. The minimum absolute atomic E-state index is 0.00310. The smallest absolute Gasteiger partial charge is 0.232 e. The summed E-state index contributed by atoms with van der Waals surface area (Å²) in [7, 11) is 0. The van der Waals surface area contributed by atoms with E-state index in [0.29, 0.717) is 6.54 Å². The molecular formula is C24H25N2O3+. The van der Waals surface area contributed by atoms with Crippen LogP contribution in [0.3, 0.4) is 0 Å². The predicted octanol–water partition coefficient (Wildman–Crippen LogP) is 3.05. The third-order valence-electron chi connectivity index (χ3n) is 6.05. The Balaban J connectivity index is 1.41. The van der Waals surface area contributed by atoms with Gasteiger partial charge in [0.25, 0.3) is 0 Å². The monoisotopic (exact) mass is 389 g/mol. The number of ether oxygens (including phenoxy) is 1. The topological polar surface area (TPSA) is 55.9 Å². The minimum Gasteiger partial charge on any atom is -0.463 e. The van der Waals surface area contributed by atoms with Crippen LogP contribution in [-0.4, -0.2) is 25.5 Å². The molecule has 0 saturated carbocycles. The van der Waals surface area contributed by atoms with E-state index >= 15 is 0 Å². The maximum absolute atomic E-state index is 13.4. The van der Waals surface area contributed by atoms with Crippen LogP contribution in [0.25, 0.3) is 0 Å². The van der Waals surface area contributed by atoms with Crippen LogP contribution in [0.1, 0.15) is 41.7 Å². The van der Waals surface area contributed by atoms with E-state index in [-0.39, 0.29) is 17.9 Å². The van der Waals surface area contributed by atoms with Crippen molar-refractivity contribution >= 4 is 5.91 Å². The van der Waals surface area contributed by atoms with Gasteiger partial charge in [0.05, 0.1) is 31.8 Å². The maximum Gasteiger partial charge on any atom is 0.232 e. The molecule has 2 aliphatic rings. The lowest BCUT2D eigenvalue weighted by molar-refractivity contribution is -0.919. The van der Waals surface area contributed by atoms with E-state index < -0.39 is 0 Å². The predicted molar refractivity (Wildman–Crippen MR) is 109 cm³/mol. The Morgan fingerprint density at radius 3 is 2.24 bits per heavy atom. The van der Waals surface area contributed by atoms with Crippen molar-refractivity contribution < 1.29 is 18.8 Å². The van der Waals surface area contributed by atoms with Gasteiger partial charge in [-0.3, -0.25) is 4.79 Å². The van der Waals surface area contributed by atoms with Crippen molar-refractivity contribution in [2.75, 3.05) is 19.6 Å². The lowest BCUT2D eigenvalue weighted by atomic mass is 9.87. The first-order valence-electron chi connectivity index (χ1n) is 10.3. The fourth-order valence-electron chi connectivity index (χ4n) is 4.61. The molecule has 1 aromatic heterocycles. The Morgan fingerprint density at radius 1 is 0.966 bits per heavy atom. The molecule has 0 unspecified atom stereocenters. The second-order valence-corrected chi connectivity index (χ2v) is 7.79. The van der Waals surface area contributed by atoms with Crippen LogP contribution in [0.5, 0.6) is 11.5 Å². The van der Waals surface area contributed by atoms with Crippen molar-refractivity contribution in [2.24, 2.45) is 0 Å². The SMILES string of the molecule is O=C(NC[C@H](c1ccco1)[NH+]1CCCC1)C1c2ccccc2Oc2ccccc21. The summed E-state index contributed by atoms with van der Waals surface area (Å²) < 4.78 is 11.7. The molecule has 5 rings (SSSR count). The van der Waals surface area contributed by atoms with Gasteiger partial charge in [0.15, 0.2) is 11.8 Å². The maximum atomic E-state index is 13.4. The number of fused-ring (bicyclic) bond motifs is 2. The molecule has 0 spiro atoms. The fourth-order valence-corrected chi connectivity index (χ4v) is 4.61. The Bertz CT molecular complexity index is 947. The Morgan fingerprint density at radius 2 is 1.62 bits per heavy atom. The highest BCUT2D eigenvalue weighted by atomic mass is 16.5. The molecule has 2 N–H and O–H groups in total. The number of carbonyl (C=O) groups is 1. The van der Waals surface area contributed by atoms with E-state index in [1.807, 2.05) is 60.7 Å². The first kappa shape index (κ1) is 18.0. The Hall–Kier alpha value is -3.05. The van der Waals surface area contributed by atoms with Crippen LogP contribution >= 0.6 is 0 Å². The van der Waals surface area contributed by atoms with Gasteiger partial charge in [-0.15, -0.1) is 0 Å². The van der Waals surface area contributed by atoms with Gasteiger partial charge in [0.1, 0.15) is 11.5 Å². The van der Waals surface area contributed by atoms with E-state index in [4.69, 9.17) is 9.15 Å². The lowest BCUT2D eigenvalue weighted by Gasteiger charge is -2.28. The lowest BCUT2D eigenvalue weighted by Crippen LogP contribution is -3.11. The number of hydrogen-bond acceptors (Lipinski definition) is 3. The molecule has 1 fully saturated rings. The van der Waals surface area contributed by atoms with Crippen molar-refractivity contribution in [3.05, 3.63) is 83.8 Å². The van der Waals surface area contributed by atoms with E-state index in [2.05, 4.69) is 5.32 Å². The van der Waals surface area contributed by atoms with Crippen LogP contribution in [0.4, 0.5) is 0 Å². The van der Waals surface area contributed by atoms with Gasteiger partial charge in [0, 0.05) is 24.0 Å². The molecular weight excluding hydrogens is 364 g/mol. The molecule has 3 aromatic rings. The van der Waals surface area contributed by atoms with Crippen LogP contribution in [0.2, 0.25) is 0 Å². The van der Waals surface area contributed by atoms with E-state index in [9.17, 15) is 4.79 Å². The average Bonchev–Trinajstić information content (AvgIpc) is 3.47. The van der Waals surface area contributed by atoms with Gasteiger partial charge in [-0.05, 0) is 24.3 Å². The van der Waals surface area contributed by atoms with Gasteiger partial charge in [-0.2, -0.15) is 0 Å². The summed E-state index contributed by atoms with van der Waals surface area (Å²) in [5.74, 6) is 2.07. The van der Waals surface area contributed by atoms with Crippen molar-refractivity contribution in [1.29, 1.82) is 0 Å². The van der Waals surface area contributed by atoms with Crippen LogP contribution in [-0.2, 0) is 4.79 Å². The molecule has 0 radical (unpaired) electrons. The molecule has 1 saturated heterocycles. The van der Waals surface area contributed by atoms with Crippen molar-refractivity contribution in [3.8, 4) is 11.5 Å². The fraction of sp³-hybridized carbons (Fsp3) is 0.292. The molecule has 2 aliphatic heterocycles. The molecule has 1 amide bonds. The number of furan rings is 1. The largest absolute Gasteiger partial charge is 0.463 e. The van der Waals surface area contributed by atoms with Gasteiger partial charge in [-0.1, -0.05) is 36.4 Å². The summed E-state index contributed by atoms with van der Waals surface area (Å²) in [6, 6.07) is 19.7. The molecule has 5 heteroatoms. The number of amides is 1. The summed E-state index contributed by atoms with van der Waals surface area (Å²) in [5, 5.41) is 3.22. The van der Waals surface area contributed by atoms with Gasteiger partial charge >= 0.3 is 0 Å². The van der Waals surface area contributed by atoms with Crippen molar-refractivity contribution in [3.63, 3.8) is 0 Å². The van der Waals surface area contributed by atoms with E-state index in [1.54, 1.807) is 6.26 Å². The zero-order chi connectivity index (χ0) is 19.6. The zero-order valence-corrected chi connectivity index (χ0v) is 16.3. The molecule has 5 nitrogen and oxygen atoms in total. The summed E-state index contributed by atoms with van der Waals surface area (Å²) in [4.78, 5) is 14.9. The highest BCUT2D eigenvalue weighted by Gasteiger charge is 2.34. The highest BCUT2D eigenvalue weighted by Crippen LogP contribution is 2.43. The molecule has 1 atom stereocenters. The quantitative estimate of drug-likeness (QED) is 0.705. The molecule has 2 aromatic carbocycles. The minimum atomic E-state index is -0.373. The third-order valence-corrected chi connectivity index (χ3v) is 6.05. The van der Waals surface area contributed by atoms with E-state index in [0.717, 1.165) is 41.5 Å². The molecule has 0 aliphatic carbocycles. The van der Waals surface area contributed by atoms with Crippen molar-refractivity contribution in [1.82, 2.24) is 5.32 Å². The molecule has 29 heavy (non-hydrogen) atoms. The molecule has 0 bridgehead atoms. The normalized spacial score (nSPS) is 17.2. The first-order valence-corrected chi connectivity index (χ1v) is 10.3. The highest BCUT2D eigenvalue weighted by molar-refractivity contribution is 5.89. The van der Waals surface area contributed by atoms with Crippen molar-refractivity contribution in [2.45, 2.75) is 24.8 Å². The number of hydrogen-bond donors (Lipinski definition) is 2. The number of benzene rings is 2. The standard InChI is InChI=1S/C24H24N2O3/c27-24(25-16-19(22-12-7-15-28-22)26-13-5-6-14-26)23-17-8-1-3-10-20(17)29-21-11-4-2-9-18(21)23/h1-4,7-12,15,19,23H,5-6,13-14,16H2,(H,25,27)/p+1/t19-/m1/s1. The Kier molecular flexibility index (Phi) is 4.82. The number of carbonyl (C=O) groups excluding carboxylic acids is 1. The number of quaternary nitrogens is 1. The summed E-state index contributed by atoms with van der Waals surface area (Å²) in [5.41, 5.74) is 1.82. The van der Waals surface area contributed by atoms with Gasteiger partial charge < -0.3 is 19.4 Å². The van der Waals surface area contributed by atoms with Crippen LogP contribution < -0.4 is 15.0 Å². The number of rotatable bonds is 5. The van der Waals surface area contributed by atoms with Crippen LogP contribution in [0, 0.1) is 0 Å². The second-order valence-electron chi connectivity index (χ2n) is 7.79. The third kappa shape index (κ3) is 3.42. The zero-order valence-electron chi connectivity index (χ0n) is 16.3. The molecule has 148 valence electrons. The summed E-state index contributed by atoms with van der Waals surface area (Å²) in [6.07, 6.45) is 4.16. The number of nitrogens with one attached hydrogen (secondary N) is 2. The number of para-hydroxylation sites is 2. The number of likely N-dealkylation sites (tertiary alicyclic amines) is 1.